The Bertz CT molecular complexity index is 1580. The quantitative estimate of drug-likeness (QED) is 0.339. The van der Waals surface area contributed by atoms with Crippen LogP contribution in [0.15, 0.2) is 157 Å². The standard InChI is InChI=1S/C38H34/c1-2-4-11-22-32(23-12-5-3-1)35-26-14-8-9-15-27-36(38-29-19-18-28-37(35)38)34-25-13-7-6-10-20-31-21-16-17-24-33(31)30-34/h1-19,21-24,28-30H,20,25-27H2/b2-1?,3-1?,4-2?,5-3?,10-6-,11-4?,12-5?,13-7-,14-8-,15-9-,22-11?,23-12?,32-22?,32-23?,34-30?,37-35+,38-36+. The monoisotopic (exact) mass is 490 g/mol. The highest BCUT2D eigenvalue weighted by atomic mass is 14.1. The fourth-order valence-electron chi connectivity index (χ4n) is 5.10. The molecule has 2 aliphatic rings. The van der Waals surface area contributed by atoms with Gasteiger partial charge in [-0.25, -0.2) is 0 Å². The third kappa shape index (κ3) is 6.47. The van der Waals surface area contributed by atoms with Crippen LogP contribution >= 0.6 is 0 Å². The number of fused-ring (bicyclic) bond motifs is 2. The number of allylic oxidation sites excluding steroid dienone is 9. The molecule has 0 unspecified atom stereocenters. The summed E-state index contributed by atoms with van der Waals surface area (Å²) < 4.78 is 0. The van der Waals surface area contributed by atoms with Crippen molar-refractivity contribution in [1.82, 2.24) is 0 Å². The zero-order chi connectivity index (χ0) is 25.8. The molecule has 0 saturated carbocycles. The van der Waals surface area contributed by atoms with Crippen LogP contribution in [0.1, 0.15) is 36.0 Å². The highest BCUT2D eigenvalue weighted by Gasteiger charge is 2.10. The number of benzene rings is 2. The minimum atomic E-state index is 0.866. The Balaban J connectivity index is 1.84. The van der Waals surface area contributed by atoms with Gasteiger partial charge >= 0.3 is 0 Å². The summed E-state index contributed by atoms with van der Waals surface area (Å²) in [7, 11) is 0. The molecular weight excluding hydrogens is 456 g/mol. The lowest BCUT2D eigenvalue weighted by atomic mass is 9.90. The molecule has 0 heterocycles. The van der Waals surface area contributed by atoms with Crippen molar-refractivity contribution in [3.8, 4) is 0 Å². The van der Waals surface area contributed by atoms with Gasteiger partial charge in [-0.05, 0) is 69.5 Å². The summed E-state index contributed by atoms with van der Waals surface area (Å²) in [5.74, 6) is 0. The summed E-state index contributed by atoms with van der Waals surface area (Å²) in [4.78, 5) is 0. The molecule has 0 bridgehead atoms. The van der Waals surface area contributed by atoms with Crippen LogP contribution in [0.3, 0.4) is 0 Å². The van der Waals surface area contributed by atoms with Crippen molar-refractivity contribution >= 4 is 17.2 Å². The van der Waals surface area contributed by atoms with Gasteiger partial charge in [0.25, 0.3) is 0 Å². The summed E-state index contributed by atoms with van der Waals surface area (Å²) in [5.41, 5.74) is 7.99. The van der Waals surface area contributed by atoms with E-state index in [2.05, 4.69) is 158 Å². The van der Waals surface area contributed by atoms with Crippen molar-refractivity contribution in [2.24, 2.45) is 0 Å². The molecule has 3 aromatic rings. The molecule has 0 heteroatoms. The fraction of sp³-hybridized carbons (Fsp3) is 0.105. The van der Waals surface area contributed by atoms with Crippen LogP contribution in [0.25, 0.3) is 17.2 Å². The van der Waals surface area contributed by atoms with Crippen molar-refractivity contribution < 1.29 is 0 Å². The van der Waals surface area contributed by atoms with Gasteiger partial charge in [0, 0.05) is 0 Å². The van der Waals surface area contributed by atoms with E-state index in [0.717, 1.165) is 25.7 Å². The second-order valence-corrected chi connectivity index (χ2v) is 9.54. The van der Waals surface area contributed by atoms with E-state index in [4.69, 9.17) is 0 Å². The molecule has 0 fully saturated rings. The molecule has 0 spiro atoms. The molecule has 186 valence electrons. The van der Waals surface area contributed by atoms with Crippen molar-refractivity contribution in [2.75, 3.05) is 0 Å². The van der Waals surface area contributed by atoms with Crippen LogP contribution in [0.4, 0.5) is 0 Å². The maximum absolute atomic E-state index is 2.42. The van der Waals surface area contributed by atoms with Gasteiger partial charge < -0.3 is 0 Å². The molecule has 3 aromatic carbocycles. The lowest BCUT2D eigenvalue weighted by Gasteiger charge is -2.15. The van der Waals surface area contributed by atoms with E-state index in [9.17, 15) is 0 Å². The molecule has 0 nitrogen and oxygen atoms in total. The van der Waals surface area contributed by atoms with E-state index in [1.165, 1.54) is 43.8 Å². The highest BCUT2D eigenvalue weighted by molar-refractivity contribution is 5.77. The van der Waals surface area contributed by atoms with E-state index in [-0.39, 0.29) is 0 Å². The van der Waals surface area contributed by atoms with Crippen LogP contribution < -0.4 is 10.4 Å². The summed E-state index contributed by atoms with van der Waals surface area (Å²) in [5, 5.41) is 2.62. The third-order valence-electron chi connectivity index (χ3n) is 7.00. The molecule has 2 aliphatic carbocycles. The maximum atomic E-state index is 2.42. The predicted octanol–water partition coefficient (Wildman–Crippen LogP) is 8.21. The smallest absolute Gasteiger partial charge is 0.00822 e. The van der Waals surface area contributed by atoms with Crippen molar-refractivity contribution in [3.63, 3.8) is 0 Å². The summed E-state index contributed by atoms with van der Waals surface area (Å²) in [6.45, 7) is 0. The molecule has 0 amide bonds. The Morgan fingerprint density at radius 3 is 1.61 bits per heavy atom. The van der Waals surface area contributed by atoms with Gasteiger partial charge in [-0.3, -0.25) is 0 Å². The zero-order valence-corrected chi connectivity index (χ0v) is 21.8. The van der Waals surface area contributed by atoms with E-state index in [1.54, 1.807) is 0 Å². The first-order valence-electron chi connectivity index (χ1n) is 13.5. The largest absolute Gasteiger partial charge is 0.0801 e. The third-order valence-corrected chi connectivity index (χ3v) is 7.00. The van der Waals surface area contributed by atoms with Crippen LogP contribution in [-0.2, 0) is 6.42 Å². The minimum Gasteiger partial charge on any atom is -0.0801 e. The van der Waals surface area contributed by atoms with Gasteiger partial charge in [-0.1, -0.05) is 158 Å². The van der Waals surface area contributed by atoms with Crippen molar-refractivity contribution in [3.05, 3.63) is 184 Å². The Labute approximate surface area is 227 Å². The Morgan fingerprint density at radius 2 is 0.895 bits per heavy atom. The van der Waals surface area contributed by atoms with Gasteiger partial charge in [-0.15, -0.1) is 0 Å². The average molecular weight is 491 g/mol. The molecule has 0 atom stereocenters. The summed E-state index contributed by atoms with van der Waals surface area (Å²) in [6.07, 6.45) is 23.9. The predicted molar refractivity (Wildman–Crippen MR) is 164 cm³/mol. The highest BCUT2D eigenvalue weighted by Crippen LogP contribution is 2.26. The normalized spacial score (nSPS) is 21.3. The lowest BCUT2D eigenvalue weighted by molar-refractivity contribution is 1.20. The Kier molecular flexibility index (Phi) is 8.78. The number of hydrogen-bond acceptors (Lipinski definition) is 0. The van der Waals surface area contributed by atoms with Crippen LogP contribution in [0.5, 0.6) is 0 Å². The van der Waals surface area contributed by atoms with E-state index in [1.807, 2.05) is 0 Å². The molecule has 5 rings (SSSR count). The molecule has 0 aliphatic heterocycles. The second-order valence-electron chi connectivity index (χ2n) is 9.54. The van der Waals surface area contributed by atoms with E-state index < -0.39 is 0 Å². The summed E-state index contributed by atoms with van der Waals surface area (Å²) >= 11 is 0. The van der Waals surface area contributed by atoms with Gasteiger partial charge in [0.05, 0.1) is 0 Å². The fourth-order valence-corrected chi connectivity index (χ4v) is 5.10. The lowest BCUT2D eigenvalue weighted by Crippen LogP contribution is -2.30. The molecule has 38 heavy (non-hydrogen) atoms. The van der Waals surface area contributed by atoms with Gasteiger partial charge in [0.15, 0.2) is 0 Å². The molecule has 0 N–H and O–H groups in total. The second kappa shape index (κ2) is 13.2. The van der Waals surface area contributed by atoms with Crippen molar-refractivity contribution in [2.45, 2.75) is 25.7 Å². The Hall–Kier alpha value is -4.42. The minimum absolute atomic E-state index is 0.866. The van der Waals surface area contributed by atoms with E-state index in [0.29, 0.717) is 0 Å². The molecule has 0 radical (unpaired) electrons. The molecular formula is C38H34. The van der Waals surface area contributed by atoms with Gasteiger partial charge in [-0.2, -0.15) is 0 Å². The topological polar surface area (TPSA) is 0 Å². The molecule has 0 aromatic heterocycles. The summed E-state index contributed by atoms with van der Waals surface area (Å²) in [6, 6.07) is 36.9. The van der Waals surface area contributed by atoms with Crippen LogP contribution in [0, 0.1) is 0 Å². The first-order valence-corrected chi connectivity index (χ1v) is 13.5. The van der Waals surface area contributed by atoms with Gasteiger partial charge in [0.2, 0.25) is 0 Å². The van der Waals surface area contributed by atoms with Crippen molar-refractivity contribution in [1.29, 1.82) is 0 Å². The SMILES string of the molecule is C1=C(/C2=c3\cccc\c3=C(/c3ccccccccc3)C/C=C\C=C/C2)C/C=C\C=C/Cc2ccccc21. The maximum Gasteiger partial charge on any atom is -0.00822 e. The zero-order valence-electron chi connectivity index (χ0n) is 21.8. The molecule has 0 saturated heterocycles. The van der Waals surface area contributed by atoms with E-state index >= 15 is 0 Å². The van der Waals surface area contributed by atoms with Crippen LogP contribution in [-0.4, -0.2) is 0 Å². The first kappa shape index (κ1) is 25.2. The number of hydrogen-bond donors (Lipinski definition) is 0. The average Bonchev–Trinajstić information content (AvgIpc) is 2.96. The van der Waals surface area contributed by atoms with Gasteiger partial charge in [0.1, 0.15) is 0 Å². The van der Waals surface area contributed by atoms with Crippen LogP contribution in [0.2, 0.25) is 0 Å². The number of rotatable bonds is 2. The first-order chi connectivity index (χ1) is 18.9. The Morgan fingerprint density at radius 1 is 0.395 bits per heavy atom.